The van der Waals surface area contributed by atoms with Gasteiger partial charge in [-0.2, -0.15) is 0 Å². The van der Waals surface area contributed by atoms with Crippen LogP contribution < -0.4 is 15.0 Å². The van der Waals surface area contributed by atoms with Crippen LogP contribution in [0.25, 0.3) is 11.0 Å². The molecule has 5 rings (SSSR count). The number of hydrogen-bond donors (Lipinski definition) is 1. The first-order valence-corrected chi connectivity index (χ1v) is 11.9. The second-order valence-corrected chi connectivity index (χ2v) is 9.29. The van der Waals surface area contributed by atoms with E-state index in [0.29, 0.717) is 40.6 Å². The van der Waals surface area contributed by atoms with Crippen LogP contribution in [0.5, 0.6) is 5.75 Å². The molecule has 0 bridgehead atoms. The molecule has 2 aliphatic rings. The van der Waals surface area contributed by atoms with Gasteiger partial charge in [0.1, 0.15) is 22.8 Å². The Kier molecular flexibility index (Phi) is 6.38. The van der Waals surface area contributed by atoms with Crippen LogP contribution in [-0.2, 0) is 6.54 Å². The summed E-state index contributed by atoms with van der Waals surface area (Å²) >= 11 is 0. The highest BCUT2D eigenvalue weighted by Crippen LogP contribution is 2.31. The third-order valence-corrected chi connectivity index (χ3v) is 6.40. The normalized spacial score (nSPS) is 16.4. The van der Waals surface area contributed by atoms with Crippen molar-refractivity contribution in [3.63, 3.8) is 0 Å². The Morgan fingerprint density at radius 3 is 2.57 bits per heavy atom. The lowest BCUT2D eigenvalue weighted by Crippen LogP contribution is -2.46. The van der Waals surface area contributed by atoms with E-state index in [2.05, 4.69) is 20.1 Å². The molecule has 1 aromatic carbocycles. The lowest BCUT2D eigenvalue weighted by atomic mass is 10.1. The molecule has 0 radical (unpaired) electrons. The number of rotatable bonds is 7. The molecule has 0 unspecified atom stereocenters. The number of pyridine rings is 1. The number of methoxy groups -OCH3 is 1. The Balaban J connectivity index is 1.34. The van der Waals surface area contributed by atoms with Crippen molar-refractivity contribution in [2.45, 2.75) is 25.4 Å². The smallest absolute Gasteiger partial charge is 0.272 e. The molecule has 35 heavy (non-hydrogen) atoms. The fraction of sp³-hybridized carbons (Fsp3) is 0.440. The van der Waals surface area contributed by atoms with Crippen molar-refractivity contribution in [1.82, 2.24) is 24.8 Å². The summed E-state index contributed by atoms with van der Waals surface area (Å²) < 4.78 is 19.5. The number of piperazine rings is 1. The first-order valence-electron chi connectivity index (χ1n) is 11.9. The minimum Gasteiger partial charge on any atom is -0.497 e. The van der Waals surface area contributed by atoms with E-state index < -0.39 is 0 Å². The van der Waals surface area contributed by atoms with Gasteiger partial charge in [-0.3, -0.25) is 9.69 Å². The Hall–Kier alpha value is -3.53. The molecule has 3 heterocycles. The van der Waals surface area contributed by atoms with Gasteiger partial charge in [0.05, 0.1) is 18.8 Å². The number of aromatic nitrogens is 3. The van der Waals surface area contributed by atoms with Crippen LogP contribution in [0.4, 0.5) is 16.0 Å². The number of amides is 1. The number of carbonyl (C=O) groups excluding carboxylic acids is 1. The van der Waals surface area contributed by atoms with E-state index in [1.54, 1.807) is 38.5 Å². The molecule has 1 amide bonds. The number of halogens is 1. The zero-order valence-corrected chi connectivity index (χ0v) is 20.3. The second-order valence-electron chi connectivity index (χ2n) is 9.29. The van der Waals surface area contributed by atoms with Crippen molar-refractivity contribution >= 4 is 28.6 Å². The van der Waals surface area contributed by atoms with Crippen LogP contribution in [0.2, 0.25) is 0 Å². The molecule has 1 saturated carbocycles. The summed E-state index contributed by atoms with van der Waals surface area (Å²) in [4.78, 5) is 32.3. The highest BCUT2D eigenvalue weighted by atomic mass is 19.1. The average molecular weight is 480 g/mol. The lowest BCUT2D eigenvalue weighted by Gasteiger charge is -2.36. The van der Waals surface area contributed by atoms with Crippen LogP contribution in [0.3, 0.4) is 0 Å². The first kappa shape index (κ1) is 23.2. The molecule has 2 aromatic heterocycles. The number of nitrogens with one attached hydrogen (secondary N) is 1. The molecular formula is C25H30FN7O2. The van der Waals surface area contributed by atoms with Crippen molar-refractivity contribution in [2.24, 2.45) is 0 Å². The molecule has 0 spiro atoms. The van der Waals surface area contributed by atoms with E-state index in [4.69, 9.17) is 14.7 Å². The Labute approximate surface area is 203 Å². The molecule has 0 atom stereocenters. The highest BCUT2D eigenvalue weighted by molar-refractivity contribution is 5.95. The second kappa shape index (κ2) is 9.61. The van der Waals surface area contributed by atoms with Gasteiger partial charge in [-0.25, -0.2) is 19.3 Å². The molecule has 3 aromatic rings. The van der Waals surface area contributed by atoms with E-state index >= 15 is 0 Å². The van der Waals surface area contributed by atoms with Crippen LogP contribution in [-0.4, -0.2) is 84.1 Å². The van der Waals surface area contributed by atoms with E-state index in [1.807, 2.05) is 0 Å². The largest absolute Gasteiger partial charge is 0.497 e. The zero-order valence-electron chi connectivity index (χ0n) is 20.3. The Bertz CT molecular complexity index is 1240. The van der Waals surface area contributed by atoms with Crippen LogP contribution in [0.1, 0.15) is 28.9 Å². The van der Waals surface area contributed by atoms with Crippen LogP contribution >= 0.6 is 0 Å². The SMILES string of the molecule is COc1ccc(CN2CCN(c3nc4cnc(C(=O)N(C)C)cc4nc3NC3CC3)CC2)c(F)c1. The van der Waals surface area contributed by atoms with E-state index in [1.165, 1.54) is 18.1 Å². The molecule has 1 N–H and O–H groups in total. The zero-order chi connectivity index (χ0) is 24.5. The maximum atomic E-state index is 14.4. The molecular weight excluding hydrogens is 449 g/mol. The number of carbonyl (C=O) groups is 1. The average Bonchev–Trinajstić information content (AvgIpc) is 3.68. The first-order chi connectivity index (χ1) is 16.9. The number of nitrogens with zero attached hydrogens (tertiary/aromatic N) is 6. The lowest BCUT2D eigenvalue weighted by molar-refractivity contribution is 0.0822. The monoisotopic (exact) mass is 479 g/mol. The van der Waals surface area contributed by atoms with E-state index in [0.717, 1.165) is 50.7 Å². The van der Waals surface area contributed by atoms with E-state index in [-0.39, 0.29) is 11.7 Å². The molecule has 10 heteroatoms. The Morgan fingerprint density at radius 1 is 1.14 bits per heavy atom. The summed E-state index contributed by atoms with van der Waals surface area (Å²) in [5.74, 6) is 1.65. The van der Waals surface area contributed by atoms with Gasteiger partial charge in [0.25, 0.3) is 5.91 Å². The standard InChI is InChI=1S/C25H30FN7O2/c1-31(2)25(34)21-13-20-22(14-27-21)30-24(23(29-20)28-17-5-6-17)33-10-8-32(9-11-33)15-16-4-7-18(35-3)12-19(16)26/h4,7,12-14,17H,5-6,8-11,15H2,1-3H3,(H,28,29). The van der Waals surface area contributed by atoms with Crippen LogP contribution in [0.15, 0.2) is 30.5 Å². The van der Waals surface area contributed by atoms with Gasteiger partial charge >= 0.3 is 0 Å². The van der Waals surface area contributed by atoms with Crippen molar-refractivity contribution in [1.29, 1.82) is 0 Å². The van der Waals surface area contributed by atoms with E-state index in [9.17, 15) is 9.18 Å². The van der Waals surface area contributed by atoms with Crippen molar-refractivity contribution in [3.8, 4) is 5.75 Å². The summed E-state index contributed by atoms with van der Waals surface area (Å²) in [6.07, 6.45) is 3.84. The third kappa shape index (κ3) is 5.12. The van der Waals surface area contributed by atoms with Crippen molar-refractivity contribution in [3.05, 3.63) is 47.5 Å². The van der Waals surface area contributed by atoms with Gasteiger partial charge < -0.3 is 19.9 Å². The molecule has 184 valence electrons. The fourth-order valence-electron chi connectivity index (χ4n) is 4.18. The Morgan fingerprint density at radius 2 is 1.91 bits per heavy atom. The van der Waals surface area contributed by atoms with Gasteiger partial charge in [-0.1, -0.05) is 6.07 Å². The van der Waals surface area contributed by atoms with Gasteiger partial charge in [-0.15, -0.1) is 0 Å². The summed E-state index contributed by atoms with van der Waals surface area (Å²) in [5, 5.41) is 3.51. The molecule has 9 nitrogen and oxygen atoms in total. The van der Waals surface area contributed by atoms with Gasteiger partial charge in [-0.05, 0) is 25.0 Å². The number of hydrogen-bond acceptors (Lipinski definition) is 8. The quantitative estimate of drug-likeness (QED) is 0.554. The minimum absolute atomic E-state index is 0.168. The highest BCUT2D eigenvalue weighted by Gasteiger charge is 2.27. The maximum Gasteiger partial charge on any atom is 0.272 e. The summed E-state index contributed by atoms with van der Waals surface area (Å²) in [7, 11) is 4.94. The number of ether oxygens (including phenoxy) is 1. The number of fused-ring (bicyclic) bond motifs is 1. The molecule has 1 saturated heterocycles. The van der Waals surface area contributed by atoms with Crippen LogP contribution in [0, 0.1) is 5.82 Å². The third-order valence-electron chi connectivity index (χ3n) is 6.40. The molecule has 1 aliphatic heterocycles. The topological polar surface area (TPSA) is 86.7 Å². The predicted octanol–water partition coefficient (Wildman–Crippen LogP) is 2.77. The summed E-state index contributed by atoms with van der Waals surface area (Å²) in [6.45, 7) is 3.61. The van der Waals surface area contributed by atoms with Gasteiger partial charge in [0, 0.05) is 64.5 Å². The van der Waals surface area contributed by atoms with Crippen molar-refractivity contribution < 1.29 is 13.9 Å². The summed E-state index contributed by atoms with van der Waals surface area (Å²) in [5.41, 5.74) is 2.31. The van der Waals surface area contributed by atoms with Gasteiger partial charge in [0.15, 0.2) is 11.6 Å². The minimum atomic E-state index is -0.247. The summed E-state index contributed by atoms with van der Waals surface area (Å²) in [6, 6.07) is 7.12. The molecule has 2 fully saturated rings. The van der Waals surface area contributed by atoms with Gasteiger partial charge in [0.2, 0.25) is 0 Å². The van der Waals surface area contributed by atoms with Crippen molar-refractivity contribution in [2.75, 3.05) is 57.6 Å². The number of benzene rings is 1. The predicted molar refractivity (Wildman–Crippen MR) is 132 cm³/mol. The molecule has 1 aliphatic carbocycles. The fourth-order valence-corrected chi connectivity index (χ4v) is 4.18. The number of anilines is 2. The maximum absolute atomic E-state index is 14.4.